The summed E-state index contributed by atoms with van der Waals surface area (Å²) in [4.78, 5) is 29.5. The normalized spacial score (nSPS) is 25.5. The molecule has 0 spiro atoms. The van der Waals surface area contributed by atoms with Gasteiger partial charge in [0, 0.05) is 23.8 Å². The number of hydrogen-bond donors (Lipinski definition) is 2. The molecule has 5 nitrogen and oxygen atoms in total. The Bertz CT molecular complexity index is 817. The number of piperidine rings is 1. The Hall–Kier alpha value is -1.73. The number of nitrogens with zero attached hydrogens (tertiary/aromatic N) is 1. The zero-order chi connectivity index (χ0) is 19.5. The molecule has 7 heteroatoms. The topological polar surface area (TPSA) is 58.4 Å². The van der Waals surface area contributed by atoms with E-state index in [0.717, 1.165) is 13.1 Å². The Balaban J connectivity index is 1.26. The zero-order valence-electron chi connectivity index (χ0n) is 15.8. The van der Waals surface area contributed by atoms with E-state index in [1.54, 1.807) is 29.2 Å². The first-order chi connectivity index (χ1) is 13.6. The molecule has 28 heavy (non-hydrogen) atoms. The predicted molar refractivity (Wildman–Crippen MR) is 111 cm³/mol. The Labute approximate surface area is 174 Å². The summed E-state index contributed by atoms with van der Waals surface area (Å²) in [5, 5.41) is 4.83. The van der Waals surface area contributed by atoms with E-state index in [-0.39, 0.29) is 24.3 Å². The zero-order valence-corrected chi connectivity index (χ0v) is 17.3. The van der Waals surface area contributed by atoms with Gasteiger partial charge in [0.05, 0.1) is 36.6 Å². The van der Waals surface area contributed by atoms with Gasteiger partial charge in [-0.2, -0.15) is 0 Å². The second-order valence-corrected chi connectivity index (χ2v) is 9.24. The van der Waals surface area contributed by atoms with Gasteiger partial charge in [-0.25, -0.2) is 4.90 Å². The van der Waals surface area contributed by atoms with Crippen LogP contribution in [0.15, 0.2) is 41.8 Å². The smallest absolute Gasteiger partial charge is 0.292 e. The third kappa shape index (κ3) is 4.46. The first-order valence-electron chi connectivity index (χ1n) is 9.92. The van der Waals surface area contributed by atoms with Gasteiger partial charge in [-0.1, -0.05) is 17.7 Å². The fraction of sp³-hybridized carbons (Fsp3) is 0.429. The number of nitrogens with two attached hydrogens (primary N) is 1. The first kappa shape index (κ1) is 19.6. The summed E-state index contributed by atoms with van der Waals surface area (Å²) in [5.41, 5.74) is 0.612. The minimum Gasteiger partial charge on any atom is -0.335 e. The Morgan fingerprint density at radius 3 is 2.57 bits per heavy atom. The molecule has 1 aromatic heterocycles. The third-order valence-electron chi connectivity index (χ3n) is 5.84. The molecule has 4 rings (SSSR count). The van der Waals surface area contributed by atoms with Crippen molar-refractivity contribution in [2.24, 2.45) is 5.92 Å². The number of benzene rings is 1. The number of imide groups is 1. The van der Waals surface area contributed by atoms with Gasteiger partial charge < -0.3 is 10.2 Å². The van der Waals surface area contributed by atoms with Crippen LogP contribution in [-0.4, -0.2) is 37.5 Å². The molecule has 0 bridgehead atoms. The van der Waals surface area contributed by atoms with Crippen LogP contribution in [0.5, 0.6) is 0 Å². The van der Waals surface area contributed by atoms with E-state index < -0.39 is 0 Å². The average molecular weight is 420 g/mol. The summed E-state index contributed by atoms with van der Waals surface area (Å²) < 4.78 is 0. The Morgan fingerprint density at radius 2 is 1.89 bits per heavy atom. The van der Waals surface area contributed by atoms with Crippen molar-refractivity contribution in [1.29, 1.82) is 0 Å². The molecular weight excluding hydrogens is 394 g/mol. The molecule has 2 aliphatic rings. The second kappa shape index (κ2) is 8.74. The van der Waals surface area contributed by atoms with Gasteiger partial charge in [-0.15, -0.1) is 11.3 Å². The minimum atomic E-state index is -0.292. The molecule has 2 aliphatic heterocycles. The largest absolute Gasteiger partial charge is 0.335 e. The van der Waals surface area contributed by atoms with Gasteiger partial charge in [0.2, 0.25) is 5.91 Å². The molecular formula is C21H26ClN3O2S+2. The van der Waals surface area contributed by atoms with Crippen LogP contribution >= 0.6 is 22.9 Å². The van der Waals surface area contributed by atoms with Crippen LogP contribution < -0.4 is 15.1 Å². The van der Waals surface area contributed by atoms with E-state index in [1.165, 1.54) is 35.7 Å². The molecule has 0 radical (unpaired) electrons. The maximum absolute atomic E-state index is 12.7. The van der Waals surface area contributed by atoms with Crippen molar-refractivity contribution in [3.63, 3.8) is 0 Å². The number of amides is 2. The molecule has 0 saturated carbocycles. The molecule has 1 atom stereocenters. The van der Waals surface area contributed by atoms with Gasteiger partial charge in [0.25, 0.3) is 5.91 Å². The summed E-state index contributed by atoms with van der Waals surface area (Å²) in [6.07, 6.45) is 2.66. The van der Waals surface area contributed by atoms with Gasteiger partial charge in [-0.3, -0.25) is 9.59 Å². The molecule has 1 aromatic carbocycles. The number of nitrogens with one attached hydrogen (secondary N) is 1. The molecule has 0 aliphatic carbocycles. The second-order valence-electron chi connectivity index (χ2n) is 7.78. The summed E-state index contributed by atoms with van der Waals surface area (Å²) in [7, 11) is 0. The maximum atomic E-state index is 12.7. The van der Waals surface area contributed by atoms with Crippen LogP contribution in [0.25, 0.3) is 0 Å². The fourth-order valence-electron chi connectivity index (χ4n) is 4.22. The Morgan fingerprint density at radius 1 is 1.14 bits per heavy atom. The molecule has 2 aromatic rings. The quantitative estimate of drug-likeness (QED) is 0.689. The highest BCUT2D eigenvalue weighted by molar-refractivity contribution is 7.09. The number of quaternary nitrogens is 2. The van der Waals surface area contributed by atoms with E-state index >= 15 is 0 Å². The van der Waals surface area contributed by atoms with E-state index in [1.807, 2.05) is 11.3 Å². The summed E-state index contributed by atoms with van der Waals surface area (Å²) in [5.74, 6) is 0.399. The van der Waals surface area contributed by atoms with Gasteiger partial charge >= 0.3 is 0 Å². The number of carbonyl (C=O) groups is 2. The molecule has 2 amide bonds. The van der Waals surface area contributed by atoms with Gasteiger partial charge in [0.1, 0.15) is 6.54 Å². The lowest BCUT2D eigenvalue weighted by Gasteiger charge is -2.28. The summed E-state index contributed by atoms with van der Waals surface area (Å²) in [6.45, 7) is 4.42. The summed E-state index contributed by atoms with van der Waals surface area (Å²) in [6, 6.07) is 10.9. The lowest BCUT2D eigenvalue weighted by molar-refractivity contribution is -0.920. The number of carbonyl (C=O) groups excluding carboxylic acids is 2. The van der Waals surface area contributed by atoms with Crippen molar-refractivity contribution < 1.29 is 19.8 Å². The van der Waals surface area contributed by atoms with Crippen LogP contribution in [0.2, 0.25) is 5.02 Å². The molecule has 3 N–H and O–H groups in total. The van der Waals surface area contributed by atoms with Crippen molar-refractivity contribution >= 4 is 40.4 Å². The van der Waals surface area contributed by atoms with E-state index in [0.29, 0.717) is 16.6 Å². The van der Waals surface area contributed by atoms with Crippen LogP contribution in [-0.2, 0) is 16.1 Å². The molecule has 148 valence electrons. The number of anilines is 1. The number of rotatable bonds is 6. The first-order valence-corrected chi connectivity index (χ1v) is 11.2. The highest BCUT2D eigenvalue weighted by Crippen LogP contribution is 2.23. The fourth-order valence-corrected chi connectivity index (χ4v) is 5.12. The lowest BCUT2D eigenvalue weighted by Crippen LogP contribution is -3.12. The minimum absolute atomic E-state index is 0.104. The molecule has 3 heterocycles. The highest BCUT2D eigenvalue weighted by Gasteiger charge is 2.42. The van der Waals surface area contributed by atoms with Crippen LogP contribution in [0.1, 0.15) is 24.1 Å². The Kier molecular flexibility index (Phi) is 6.11. The predicted octanol–water partition coefficient (Wildman–Crippen LogP) is 1.09. The van der Waals surface area contributed by atoms with E-state index in [4.69, 9.17) is 11.6 Å². The van der Waals surface area contributed by atoms with Crippen molar-refractivity contribution in [3.05, 3.63) is 51.7 Å². The van der Waals surface area contributed by atoms with Crippen LogP contribution in [0.3, 0.4) is 0 Å². The van der Waals surface area contributed by atoms with Crippen LogP contribution in [0, 0.1) is 5.92 Å². The van der Waals surface area contributed by atoms with E-state index in [9.17, 15) is 9.59 Å². The number of likely N-dealkylation sites (tertiary alicyclic amines) is 1. The lowest BCUT2D eigenvalue weighted by atomic mass is 9.96. The molecule has 0 unspecified atom stereocenters. The SMILES string of the molecule is O=C1C[C@@H]([NH2+]CC2CC[NH+](Cc3cccs3)CC2)C(=O)N1c1ccc(Cl)cc1. The van der Waals surface area contributed by atoms with Crippen molar-refractivity contribution in [1.82, 2.24) is 0 Å². The van der Waals surface area contributed by atoms with Crippen molar-refractivity contribution in [2.45, 2.75) is 31.8 Å². The molecule has 2 fully saturated rings. The number of halogens is 1. The van der Waals surface area contributed by atoms with Gasteiger partial charge in [-0.05, 0) is 35.7 Å². The monoisotopic (exact) mass is 419 g/mol. The van der Waals surface area contributed by atoms with Gasteiger partial charge in [0.15, 0.2) is 6.04 Å². The van der Waals surface area contributed by atoms with E-state index in [2.05, 4.69) is 22.8 Å². The highest BCUT2D eigenvalue weighted by atomic mass is 35.5. The number of hydrogen-bond acceptors (Lipinski definition) is 3. The average Bonchev–Trinajstić information content (AvgIpc) is 3.30. The molecule has 2 saturated heterocycles. The van der Waals surface area contributed by atoms with Crippen molar-refractivity contribution in [2.75, 3.05) is 24.5 Å². The third-order valence-corrected chi connectivity index (χ3v) is 6.97. The number of thiophene rings is 1. The maximum Gasteiger partial charge on any atom is 0.292 e. The summed E-state index contributed by atoms with van der Waals surface area (Å²) >= 11 is 7.75. The van der Waals surface area contributed by atoms with Crippen LogP contribution in [0.4, 0.5) is 5.69 Å². The standard InChI is InChI=1S/C21H24ClN3O2S/c22-16-3-5-17(6-4-16)25-20(26)12-19(21(25)27)23-13-15-7-9-24(10-8-15)14-18-2-1-11-28-18/h1-6,11,15,19,23H,7-10,12-14H2/p+2/t19-/m1/s1. The van der Waals surface area contributed by atoms with Crippen molar-refractivity contribution in [3.8, 4) is 0 Å².